The van der Waals surface area contributed by atoms with E-state index >= 15 is 0 Å². The van der Waals surface area contributed by atoms with Gasteiger partial charge in [-0.05, 0) is 77.3 Å². The van der Waals surface area contributed by atoms with Gasteiger partial charge in [-0.3, -0.25) is 9.36 Å². The van der Waals surface area contributed by atoms with Crippen LogP contribution in [0.3, 0.4) is 0 Å². The summed E-state index contributed by atoms with van der Waals surface area (Å²) in [7, 11) is 1.57. The summed E-state index contributed by atoms with van der Waals surface area (Å²) in [5, 5.41) is 0.918. The molecule has 3 aromatic carbocycles. The summed E-state index contributed by atoms with van der Waals surface area (Å²) in [6, 6.07) is 17.5. The maximum Gasteiger partial charge on any atom is 0.338 e. The molecule has 0 amide bonds. The van der Waals surface area contributed by atoms with Crippen LogP contribution in [0.5, 0.6) is 11.5 Å². The van der Waals surface area contributed by atoms with Crippen molar-refractivity contribution in [3.8, 4) is 11.5 Å². The fourth-order valence-electron chi connectivity index (χ4n) is 4.62. The summed E-state index contributed by atoms with van der Waals surface area (Å²) in [5.41, 5.74) is 2.78. The zero-order valence-electron chi connectivity index (χ0n) is 22.8. The van der Waals surface area contributed by atoms with Crippen molar-refractivity contribution in [3.63, 3.8) is 0 Å². The van der Waals surface area contributed by atoms with Crippen LogP contribution in [0.1, 0.15) is 36.6 Å². The second-order valence-electron chi connectivity index (χ2n) is 9.27. The molecule has 216 valence electrons. The van der Waals surface area contributed by atoms with E-state index in [2.05, 4.69) is 20.9 Å². The van der Waals surface area contributed by atoms with Crippen molar-refractivity contribution >= 4 is 62.5 Å². The van der Waals surface area contributed by atoms with Crippen LogP contribution >= 0.6 is 50.5 Å². The SMILES string of the molecule is CCOC(=O)C1=C(C)N=c2s/c(=C/c3ccccc3OCc3ccc(Cl)c(Cl)c3)c(=O)n2[C@@H]1c1ccc(OC)c(Br)c1. The Morgan fingerprint density at radius 1 is 1.10 bits per heavy atom. The van der Waals surface area contributed by atoms with Gasteiger partial charge in [0.1, 0.15) is 18.1 Å². The van der Waals surface area contributed by atoms with Gasteiger partial charge in [-0.2, -0.15) is 0 Å². The van der Waals surface area contributed by atoms with Gasteiger partial charge in [0.25, 0.3) is 5.56 Å². The lowest BCUT2D eigenvalue weighted by molar-refractivity contribution is -0.139. The number of allylic oxidation sites excluding steroid dienone is 1. The van der Waals surface area contributed by atoms with Crippen LogP contribution in [0, 0.1) is 0 Å². The monoisotopic (exact) mass is 686 g/mol. The van der Waals surface area contributed by atoms with Crippen LogP contribution in [-0.4, -0.2) is 24.3 Å². The Labute approximate surface area is 264 Å². The van der Waals surface area contributed by atoms with Gasteiger partial charge < -0.3 is 14.2 Å². The Kier molecular flexibility index (Phi) is 9.22. The molecule has 2 heterocycles. The minimum absolute atomic E-state index is 0.193. The van der Waals surface area contributed by atoms with Crippen molar-refractivity contribution in [2.75, 3.05) is 13.7 Å². The lowest BCUT2D eigenvalue weighted by Gasteiger charge is -2.25. The van der Waals surface area contributed by atoms with Gasteiger partial charge in [0.15, 0.2) is 4.80 Å². The van der Waals surface area contributed by atoms with E-state index in [0.29, 0.717) is 57.7 Å². The number of halogens is 3. The van der Waals surface area contributed by atoms with E-state index in [9.17, 15) is 9.59 Å². The lowest BCUT2D eigenvalue weighted by Crippen LogP contribution is -2.40. The van der Waals surface area contributed by atoms with Gasteiger partial charge in [-0.15, -0.1) is 0 Å². The number of rotatable bonds is 8. The second-order valence-corrected chi connectivity index (χ2v) is 11.9. The first-order valence-corrected chi connectivity index (χ1v) is 15.3. The van der Waals surface area contributed by atoms with Gasteiger partial charge in [-0.1, -0.05) is 64.9 Å². The topological polar surface area (TPSA) is 79.1 Å². The molecule has 11 heteroatoms. The quantitative estimate of drug-likeness (QED) is 0.199. The molecule has 0 radical (unpaired) electrons. The number of fused-ring (bicyclic) bond motifs is 1. The third kappa shape index (κ3) is 6.06. The lowest BCUT2D eigenvalue weighted by atomic mass is 9.96. The Hall–Kier alpha value is -3.37. The predicted octanol–water partition coefficient (Wildman–Crippen LogP) is 6.46. The maximum atomic E-state index is 14.0. The highest BCUT2D eigenvalue weighted by atomic mass is 79.9. The molecule has 0 saturated heterocycles. The number of carbonyl (C=O) groups excluding carboxylic acids is 1. The van der Waals surface area contributed by atoms with Gasteiger partial charge in [0, 0.05) is 5.56 Å². The van der Waals surface area contributed by atoms with E-state index < -0.39 is 12.0 Å². The van der Waals surface area contributed by atoms with Crippen LogP contribution in [0.15, 0.2) is 86.2 Å². The molecule has 0 spiro atoms. The highest BCUT2D eigenvalue weighted by molar-refractivity contribution is 9.10. The molecule has 0 N–H and O–H groups in total. The number of para-hydroxylation sites is 1. The Bertz CT molecular complexity index is 1900. The fraction of sp³-hybridized carbons (Fsp3) is 0.194. The minimum atomic E-state index is -0.745. The average molecular weight is 688 g/mol. The van der Waals surface area contributed by atoms with Crippen molar-refractivity contribution in [1.82, 2.24) is 4.57 Å². The van der Waals surface area contributed by atoms with Crippen LogP contribution < -0.4 is 24.4 Å². The Morgan fingerprint density at radius 2 is 1.88 bits per heavy atom. The van der Waals surface area contributed by atoms with E-state index in [1.807, 2.05) is 42.5 Å². The van der Waals surface area contributed by atoms with Crippen LogP contribution in [-0.2, 0) is 16.1 Å². The van der Waals surface area contributed by atoms with Crippen LogP contribution in [0.2, 0.25) is 10.0 Å². The van der Waals surface area contributed by atoms with E-state index in [-0.39, 0.29) is 18.8 Å². The predicted molar refractivity (Wildman–Crippen MR) is 168 cm³/mol. The first kappa shape index (κ1) is 30.1. The fourth-order valence-corrected chi connectivity index (χ4v) is 6.54. The molecule has 1 atom stereocenters. The minimum Gasteiger partial charge on any atom is -0.496 e. The maximum absolute atomic E-state index is 14.0. The summed E-state index contributed by atoms with van der Waals surface area (Å²) in [6.45, 7) is 3.94. The number of ether oxygens (including phenoxy) is 3. The number of nitrogens with zero attached hydrogens (tertiary/aromatic N) is 2. The molecule has 0 aliphatic carbocycles. The summed E-state index contributed by atoms with van der Waals surface area (Å²) < 4.78 is 19.6. The molecule has 5 rings (SSSR count). The molecular formula is C31H25BrCl2N2O5S. The number of benzene rings is 3. The largest absolute Gasteiger partial charge is 0.496 e. The third-order valence-electron chi connectivity index (χ3n) is 6.59. The van der Waals surface area contributed by atoms with Gasteiger partial charge >= 0.3 is 5.97 Å². The number of thiazole rings is 1. The molecule has 1 aliphatic rings. The van der Waals surface area contributed by atoms with Crippen molar-refractivity contribution in [2.24, 2.45) is 4.99 Å². The number of hydrogen-bond acceptors (Lipinski definition) is 7. The number of esters is 1. The molecular weight excluding hydrogens is 663 g/mol. The molecule has 1 aromatic heterocycles. The van der Waals surface area contributed by atoms with E-state index in [4.69, 9.17) is 37.4 Å². The molecule has 42 heavy (non-hydrogen) atoms. The van der Waals surface area contributed by atoms with Gasteiger partial charge in [-0.25, -0.2) is 9.79 Å². The zero-order valence-corrected chi connectivity index (χ0v) is 26.7. The van der Waals surface area contributed by atoms with E-state index in [1.165, 1.54) is 11.3 Å². The second kappa shape index (κ2) is 12.9. The van der Waals surface area contributed by atoms with E-state index in [0.717, 1.165) is 5.56 Å². The normalized spacial score (nSPS) is 14.8. The highest BCUT2D eigenvalue weighted by Crippen LogP contribution is 2.35. The number of carbonyl (C=O) groups is 1. The summed E-state index contributed by atoms with van der Waals surface area (Å²) >= 11 is 17.0. The summed E-state index contributed by atoms with van der Waals surface area (Å²) in [6.07, 6.45) is 1.78. The molecule has 1 aliphatic heterocycles. The smallest absolute Gasteiger partial charge is 0.338 e. The molecule has 0 saturated carbocycles. The molecule has 0 unspecified atom stereocenters. The van der Waals surface area contributed by atoms with Crippen molar-refractivity contribution in [3.05, 3.63) is 123 Å². The van der Waals surface area contributed by atoms with E-state index in [1.54, 1.807) is 49.8 Å². The number of aromatic nitrogens is 1. The Morgan fingerprint density at radius 3 is 2.60 bits per heavy atom. The molecule has 0 fully saturated rings. The zero-order chi connectivity index (χ0) is 30.0. The van der Waals surface area contributed by atoms with Crippen LogP contribution in [0.25, 0.3) is 6.08 Å². The molecule has 0 bridgehead atoms. The first-order valence-electron chi connectivity index (χ1n) is 12.9. The number of hydrogen-bond donors (Lipinski definition) is 0. The molecule has 7 nitrogen and oxygen atoms in total. The standard InChI is InChI=1S/C31H25BrCl2N2O5S/c1-4-40-30(38)27-17(2)35-31-36(28(27)20-10-12-25(39-3)21(32)14-20)29(37)26(42-31)15-19-7-5-6-8-24(19)41-16-18-9-11-22(33)23(34)13-18/h5-15,28H,4,16H2,1-3H3/b26-15+/t28-/m1/s1. The Balaban J connectivity index is 1.60. The highest BCUT2D eigenvalue weighted by Gasteiger charge is 2.33. The average Bonchev–Trinajstić information content (AvgIpc) is 3.27. The summed E-state index contributed by atoms with van der Waals surface area (Å²) in [4.78, 5) is 32.3. The third-order valence-corrected chi connectivity index (χ3v) is 8.93. The van der Waals surface area contributed by atoms with Crippen molar-refractivity contribution in [2.45, 2.75) is 26.5 Å². The summed E-state index contributed by atoms with van der Waals surface area (Å²) in [5.74, 6) is 0.696. The van der Waals surface area contributed by atoms with Crippen LogP contribution in [0.4, 0.5) is 0 Å². The van der Waals surface area contributed by atoms with Crippen molar-refractivity contribution in [1.29, 1.82) is 0 Å². The van der Waals surface area contributed by atoms with Gasteiger partial charge in [0.05, 0.1) is 50.1 Å². The first-order chi connectivity index (χ1) is 20.2. The number of methoxy groups -OCH3 is 1. The molecule has 4 aromatic rings. The van der Waals surface area contributed by atoms with Gasteiger partial charge in [0.2, 0.25) is 0 Å². The van der Waals surface area contributed by atoms with Crippen molar-refractivity contribution < 1.29 is 19.0 Å².